The van der Waals surface area contributed by atoms with Crippen molar-refractivity contribution in [3.63, 3.8) is 0 Å². The molecule has 2 heteroatoms. The summed E-state index contributed by atoms with van der Waals surface area (Å²) in [5.74, 6) is 0.846. The molecular weight excluding hydrogens is 150 g/mol. The summed E-state index contributed by atoms with van der Waals surface area (Å²) in [6, 6.07) is 0. The van der Waals surface area contributed by atoms with Crippen LogP contribution in [0.4, 0.5) is 0 Å². The quantitative estimate of drug-likeness (QED) is 0.696. The molecule has 0 aromatic rings. The topological polar surface area (TPSA) is 21.3 Å². The van der Waals surface area contributed by atoms with Gasteiger partial charge in [-0.2, -0.15) is 0 Å². The lowest BCUT2D eigenvalue weighted by Gasteiger charge is -2.15. The van der Waals surface area contributed by atoms with Gasteiger partial charge in [-0.15, -0.1) is 0 Å². The number of ether oxygens (including phenoxy) is 1. The largest absolute Gasteiger partial charge is 0.376 e. The van der Waals surface area contributed by atoms with Crippen molar-refractivity contribution < 1.29 is 4.74 Å². The van der Waals surface area contributed by atoms with Crippen molar-refractivity contribution in [1.29, 1.82) is 0 Å². The SMILES string of the molecule is CNCC1CCC(OC(C)C)C1. The van der Waals surface area contributed by atoms with Crippen molar-refractivity contribution >= 4 is 0 Å². The van der Waals surface area contributed by atoms with E-state index in [4.69, 9.17) is 4.74 Å². The van der Waals surface area contributed by atoms with Crippen molar-refractivity contribution in [3.05, 3.63) is 0 Å². The van der Waals surface area contributed by atoms with Crippen LogP contribution in [-0.4, -0.2) is 25.8 Å². The summed E-state index contributed by atoms with van der Waals surface area (Å²) >= 11 is 0. The van der Waals surface area contributed by atoms with E-state index in [0.717, 1.165) is 12.5 Å². The average Bonchev–Trinajstić information content (AvgIpc) is 2.36. The molecule has 0 aliphatic heterocycles. The van der Waals surface area contributed by atoms with Crippen molar-refractivity contribution in [2.75, 3.05) is 13.6 Å². The van der Waals surface area contributed by atoms with Gasteiger partial charge in [-0.25, -0.2) is 0 Å². The van der Waals surface area contributed by atoms with Gasteiger partial charge in [0.15, 0.2) is 0 Å². The van der Waals surface area contributed by atoms with Gasteiger partial charge in [0, 0.05) is 0 Å². The van der Waals surface area contributed by atoms with E-state index in [1.54, 1.807) is 0 Å². The molecule has 0 saturated heterocycles. The summed E-state index contributed by atoms with van der Waals surface area (Å²) in [5.41, 5.74) is 0. The summed E-state index contributed by atoms with van der Waals surface area (Å²) < 4.78 is 5.76. The zero-order valence-corrected chi connectivity index (χ0v) is 8.47. The van der Waals surface area contributed by atoms with Gasteiger partial charge in [0.05, 0.1) is 12.2 Å². The van der Waals surface area contributed by atoms with Gasteiger partial charge in [-0.1, -0.05) is 0 Å². The van der Waals surface area contributed by atoms with E-state index in [-0.39, 0.29) is 0 Å². The second kappa shape index (κ2) is 4.83. The van der Waals surface area contributed by atoms with E-state index < -0.39 is 0 Å². The molecule has 0 radical (unpaired) electrons. The standard InChI is InChI=1S/C10H21NO/c1-8(2)12-10-5-4-9(6-10)7-11-3/h8-11H,4-7H2,1-3H3. The first-order valence-corrected chi connectivity index (χ1v) is 5.02. The van der Waals surface area contributed by atoms with Gasteiger partial charge < -0.3 is 10.1 Å². The Balaban J connectivity index is 2.16. The molecule has 2 nitrogen and oxygen atoms in total. The number of rotatable bonds is 4. The molecule has 0 bridgehead atoms. The smallest absolute Gasteiger partial charge is 0.0581 e. The highest BCUT2D eigenvalue weighted by Crippen LogP contribution is 2.27. The Bertz CT molecular complexity index is 125. The average molecular weight is 171 g/mol. The number of hydrogen-bond acceptors (Lipinski definition) is 2. The summed E-state index contributed by atoms with van der Waals surface area (Å²) in [5, 5.41) is 3.23. The molecule has 1 saturated carbocycles. The summed E-state index contributed by atoms with van der Waals surface area (Å²) in [7, 11) is 2.02. The maximum Gasteiger partial charge on any atom is 0.0581 e. The van der Waals surface area contributed by atoms with Crippen LogP contribution in [0.2, 0.25) is 0 Å². The second-order valence-electron chi connectivity index (χ2n) is 4.04. The van der Waals surface area contributed by atoms with Gasteiger partial charge in [0.1, 0.15) is 0 Å². The van der Waals surface area contributed by atoms with Crippen molar-refractivity contribution in [2.24, 2.45) is 5.92 Å². The van der Waals surface area contributed by atoms with Crippen LogP contribution in [0.15, 0.2) is 0 Å². The predicted octanol–water partition coefficient (Wildman–Crippen LogP) is 1.80. The van der Waals surface area contributed by atoms with Gasteiger partial charge in [-0.05, 0) is 52.6 Å². The highest BCUT2D eigenvalue weighted by molar-refractivity contribution is 4.77. The third-order valence-corrected chi connectivity index (χ3v) is 2.45. The molecule has 0 aromatic carbocycles. The summed E-state index contributed by atoms with van der Waals surface area (Å²) in [6.07, 6.45) is 4.76. The Labute approximate surface area is 75.7 Å². The first-order chi connectivity index (χ1) is 5.72. The monoisotopic (exact) mass is 171 g/mol. The number of hydrogen-bond donors (Lipinski definition) is 1. The molecule has 0 spiro atoms. The highest BCUT2D eigenvalue weighted by Gasteiger charge is 2.24. The zero-order chi connectivity index (χ0) is 8.97. The molecule has 1 N–H and O–H groups in total. The number of nitrogens with one attached hydrogen (secondary N) is 1. The van der Waals surface area contributed by atoms with Crippen molar-refractivity contribution in [2.45, 2.75) is 45.3 Å². The first kappa shape index (κ1) is 10.0. The van der Waals surface area contributed by atoms with E-state index in [1.807, 2.05) is 7.05 Å². The van der Waals surface area contributed by atoms with Crippen LogP contribution in [-0.2, 0) is 4.74 Å². The lowest BCUT2D eigenvalue weighted by molar-refractivity contribution is 0.0104. The van der Waals surface area contributed by atoms with E-state index in [9.17, 15) is 0 Å². The van der Waals surface area contributed by atoms with E-state index in [1.165, 1.54) is 19.3 Å². The molecule has 0 heterocycles. The Kier molecular flexibility index (Phi) is 4.02. The van der Waals surface area contributed by atoms with E-state index >= 15 is 0 Å². The molecule has 2 atom stereocenters. The molecule has 1 aliphatic rings. The maximum absolute atomic E-state index is 5.76. The molecule has 12 heavy (non-hydrogen) atoms. The van der Waals surface area contributed by atoms with Gasteiger partial charge >= 0.3 is 0 Å². The third kappa shape index (κ3) is 3.11. The first-order valence-electron chi connectivity index (χ1n) is 5.02. The molecule has 72 valence electrons. The molecular formula is C10H21NO. The van der Waals surface area contributed by atoms with E-state index in [2.05, 4.69) is 19.2 Å². The zero-order valence-electron chi connectivity index (χ0n) is 8.47. The van der Waals surface area contributed by atoms with Gasteiger partial charge in [-0.3, -0.25) is 0 Å². The van der Waals surface area contributed by atoms with Crippen LogP contribution in [0.5, 0.6) is 0 Å². The third-order valence-electron chi connectivity index (χ3n) is 2.45. The van der Waals surface area contributed by atoms with Crippen molar-refractivity contribution in [1.82, 2.24) is 5.32 Å². The molecule has 0 aromatic heterocycles. The Morgan fingerprint density at radius 2 is 2.17 bits per heavy atom. The van der Waals surface area contributed by atoms with Crippen LogP contribution in [0.1, 0.15) is 33.1 Å². The van der Waals surface area contributed by atoms with Crippen LogP contribution >= 0.6 is 0 Å². The fourth-order valence-electron chi connectivity index (χ4n) is 2.01. The van der Waals surface area contributed by atoms with Crippen LogP contribution < -0.4 is 5.32 Å². The molecule has 1 rings (SSSR count). The fraction of sp³-hybridized carbons (Fsp3) is 1.00. The molecule has 2 unspecified atom stereocenters. The molecule has 0 amide bonds. The minimum Gasteiger partial charge on any atom is -0.376 e. The minimum absolute atomic E-state index is 0.392. The molecule has 1 aliphatic carbocycles. The van der Waals surface area contributed by atoms with Crippen molar-refractivity contribution in [3.8, 4) is 0 Å². The highest BCUT2D eigenvalue weighted by atomic mass is 16.5. The Hall–Kier alpha value is -0.0800. The summed E-state index contributed by atoms with van der Waals surface area (Å²) in [4.78, 5) is 0. The summed E-state index contributed by atoms with van der Waals surface area (Å²) in [6.45, 7) is 5.38. The normalized spacial score (nSPS) is 30.0. The van der Waals surface area contributed by atoms with Crippen LogP contribution in [0, 0.1) is 5.92 Å². The second-order valence-corrected chi connectivity index (χ2v) is 4.04. The minimum atomic E-state index is 0.392. The van der Waals surface area contributed by atoms with E-state index in [0.29, 0.717) is 12.2 Å². The van der Waals surface area contributed by atoms with Crippen LogP contribution in [0.25, 0.3) is 0 Å². The molecule has 1 fully saturated rings. The Morgan fingerprint density at radius 3 is 2.75 bits per heavy atom. The Morgan fingerprint density at radius 1 is 1.42 bits per heavy atom. The van der Waals surface area contributed by atoms with Gasteiger partial charge in [0.2, 0.25) is 0 Å². The lowest BCUT2D eigenvalue weighted by atomic mass is 10.1. The lowest BCUT2D eigenvalue weighted by Crippen LogP contribution is -2.19. The predicted molar refractivity (Wildman–Crippen MR) is 51.3 cm³/mol. The fourth-order valence-corrected chi connectivity index (χ4v) is 2.01. The van der Waals surface area contributed by atoms with Crippen LogP contribution in [0.3, 0.4) is 0 Å². The van der Waals surface area contributed by atoms with Gasteiger partial charge in [0.25, 0.3) is 0 Å². The maximum atomic E-state index is 5.76.